The van der Waals surface area contributed by atoms with Gasteiger partial charge < -0.3 is 25.4 Å². The molecule has 1 amide bonds. The minimum Gasteiger partial charge on any atom is -0.388 e. The number of alkyl halides is 1. The van der Waals surface area contributed by atoms with E-state index < -0.39 is 51.6 Å². The molecule has 10 heteroatoms. The van der Waals surface area contributed by atoms with Gasteiger partial charge in [0.2, 0.25) is 5.91 Å². The van der Waals surface area contributed by atoms with Crippen molar-refractivity contribution in [3.05, 3.63) is 0 Å². The fraction of sp³-hybridized carbons (Fsp3) is 0.947. The van der Waals surface area contributed by atoms with E-state index in [4.69, 9.17) is 16.3 Å². The van der Waals surface area contributed by atoms with Gasteiger partial charge in [0.15, 0.2) is 4.93 Å². The monoisotopic (exact) mass is 454 g/mol. The highest BCUT2D eigenvalue weighted by atomic mass is 35.5. The summed E-state index contributed by atoms with van der Waals surface area (Å²) < 4.78 is 18.0. The third-order valence-corrected chi connectivity index (χ3v) is 8.03. The van der Waals surface area contributed by atoms with Gasteiger partial charge in [0, 0.05) is 12.8 Å². The predicted octanol–water partition coefficient (Wildman–Crippen LogP) is -0.205. The van der Waals surface area contributed by atoms with Crippen LogP contribution >= 0.6 is 11.6 Å². The van der Waals surface area contributed by atoms with E-state index >= 15 is 0 Å². The molecule has 2 aliphatic heterocycles. The van der Waals surface area contributed by atoms with Crippen LogP contribution in [0.15, 0.2) is 0 Å². The molecule has 0 saturated carbocycles. The third-order valence-electron chi connectivity index (χ3n) is 6.28. The fourth-order valence-corrected chi connectivity index (χ4v) is 5.31. The number of hydrogen-bond acceptors (Lipinski definition) is 7. The minimum absolute atomic E-state index is 0.223. The average molecular weight is 455 g/mol. The number of nitrogens with zero attached hydrogens (tertiary/aromatic N) is 1. The first-order valence-corrected chi connectivity index (χ1v) is 12.1. The molecular weight excluding hydrogens is 420 g/mol. The molecule has 0 aliphatic carbocycles. The molecule has 2 rings (SSSR count). The second kappa shape index (κ2) is 9.89. The van der Waals surface area contributed by atoms with Gasteiger partial charge in [0.25, 0.3) is 0 Å². The Hall–Kier alpha value is -0.290. The summed E-state index contributed by atoms with van der Waals surface area (Å²) in [6.45, 7) is 6.02. The Morgan fingerprint density at radius 1 is 1.38 bits per heavy atom. The van der Waals surface area contributed by atoms with Gasteiger partial charge in [-0.25, -0.2) is 0 Å². The van der Waals surface area contributed by atoms with Crippen molar-refractivity contribution in [2.24, 2.45) is 5.92 Å². The highest BCUT2D eigenvalue weighted by Crippen LogP contribution is 2.35. The maximum atomic E-state index is 13.0. The topological polar surface area (TPSA) is 119 Å². The van der Waals surface area contributed by atoms with E-state index in [2.05, 4.69) is 12.2 Å². The van der Waals surface area contributed by atoms with E-state index in [-0.39, 0.29) is 11.9 Å². The van der Waals surface area contributed by atoms with E-state index in [0.717, 1.165) is 25.8 Å². The number of nitrogens with one attached hydrogen (secondary N) is 1. The van der Waals surface area contributed by atoms with Crippen LogP contribution in [0.5, 0.6) is 0 Å². The summed E-state index contributed by atoms with van der Waals surface area (Å²) in [6, 6.07) is -1.16. The van der Waals surface area contributed by atoms with Crippen LogP contribution < -0.4 is 5.32 Å². The Labute approximate surface area is 180 Å². The number of aliphatic hydroxyl groups is 3. The molecule has 8 nitrogen and oxygen atoms in total. The number of likely N-dealkylation sites (N-methyl/N-ethyl adjacent to an activating group) is 1. The summed E-state index contributed by atoms with van der Waals surface area (Å²) in [6.07, 6.45) is -1.55. The van der Waals surface area contributed by atoms with Crippen LogP contribution in [0.2, 0.25) is 0 Å². The van der Waals surface area contributed by atoms with Gasteiger partial charge in [0.05, 0.1) is 28.3 Å². The standard InChI is InChI=1S/C19H35ClN2O6S/c1-6-7-11-8-12(22(4)9-11)18(26)21-13(10(2)20)16-14(23)15(24)17(25)19(3,28-16)29(5)27/h10-17,23-25H,6-9H2,1-5H3,(H,21,26)/t10?,11-,12?,13?,14-,15+,16-,17-,19+,29?/m1/s1. The van der Waals surface area contributed by atoms with Crippen molar-refractivity contribution < 1.29 is 29.1 Å². The zero-order chi connectivity index (χ0) is 22.1. The first-order valence-electron chi connectivity index (χ1n) is 10.1. The molecule has 0 aromatic rings. The van der Waals surface area contributed by atoms with Crippen molar-refractivity contribution in [2.45, 2.75) is 86.8 Å². The quantitative estimate of drug-likeness (QED) is 0.393. The molecule has 0 spiro atoms. The highest BCUT2D eigenvalue weighted by Gasteiger charge is 2.55. The lowest BCUT2D eigenvalue weighted by molar-refractivity contribution is -0.237. The molecule has 2 fully saturated rings. The largest absolute Gasteiger partial charge is 0.388 e. The Kier molecular flexibility index (Phi) is 8.52. The van der Waals surface area contributed by atoms with E-state index in [9.17, 15) is 24.3 Å². The molecule has 29 heavy (non-hydrogen) atoms. The Morgan fingerprint density at radius 2 is 2.00 bits per heavy atom. The molecule has 0 aromatic carbocycles. The summed E-state index contributed by atoms with van der Waals surface area (Å²) in [4.78, 5) is 13.4. The van der Waals surface area contributed by atoms with Gasteiger partial charge >= 0.3 is 0 Å². The maximum absolute atomic E-state index is 13.0. The normalized spacial score (nSPS) is 41.7. The molecule has 2 saturated heterocycles. The second-order valence-corrected chi connectivity index (χ2v) is 10.9. The van der Waals surface area contributed by atoms with Crippen molar-refractivity contribution >= 4 is 28.3 Å². The molecule has 0 radical (unpaired) electrons. The fourth-order valence-electron chi connectivity index (χ4n) is 4.37. The Balaban J connectivity index is 2.20. The average Bonchev–Trinajstić information content (AvgIpc) is 3.01. The Bertz CT molecular complexity index is 611. The van der Waals surface area contributed by atoms with Crippen LogP contribution in [0.3, 0.4) is 0 Å². The maximum Gasteiger partial charge on any atom is 0.237 e. The van der Waals surface area contributed by atoms with Crippen LogP contribution in [0.1, 0.15) is 40.0 Å². The number of likely N-dealkylation sites (tertiary alicyclic amines) is 1. The number of hydrogen-bond donors (Lipinski definition) is 4. The molecule has 0 aromatic heterocycles. The summed E-state index contributed by atoms with van der Waals surface area (Å²) >= 11 is 6.33. The number of aliphatic hydroxyl groups excluding tert-OH is 3. The number of halogens is 1. The highest BCUT2D eigenvalue weighted by molar-refractivity contribution is 7.85. The SMILES string of the molecule is CCC[C@@H]1CC(C(=O)NC(C(C)Cl)[C@H]2O[C@@](C)(S(C)=O)[C@H](O)[C@@H](O)[C@H]2O)N(C)C1. The van der Waals surface area contributed by atoms with E-state index in [1.54, 1.807) is 6.92 Å². The van der Waals surface area contributed by atoms with Crippen molar-refractivity contribution in [2.75, 3.05) is 19.8 Å². The molecule has 0 bridgehead atoms. The van der Waals surface area contributed by atoms with Crippen LogP contribution in [0.25, 0.3) is 0 Å². The third kappa shape index (κ3) is 5.14. The number of carbonyl (C=O) groups excluding carboxylic acids is 1. The van der Waals surface area contributed by atoms with Crippen molar-refractivity contribution in [3.8, 4) is 0 Å². The molecule has 2 heterocycles. The lowest BCUT2D eigenvalue weighted by Crippen LogP contribution is -2.69. The van der Waals surface area contributed by atoms with Gasteiger partial charge in [-0.15, -0.1) is 11.6 Å². The summed E-state index contributed by atoms with van der Waals surface area (Å²) in [5, 5.41) is 33.4. The van der Waals surface area contributed by atoms with Crippen LogP contribution in [0, 0.1) is 5.92 Å². The summed E-state index contributed by atoms with van der Waals surface area (Å²) in [5.41, 5.74) is 0. The Morgan fingerprint density at radius 3 is 2.52 bits per heavy atom. The summed E-state index contributed by atoms with van der Waals surface area (Å²) in [5.74, 6) is 0.228. The molecule has 10 atom stereocenters. The van der Waals surface area contributed by atoms with Gasteiger partial charge in [0.1, 0.15) is 24.4 Å². The number of amides is 1. The lowest BCUT2D eigenvalue weighted by Gasteiger charge is -2.48. The first-order chi connectivity index (χ1) is 13.4. The molecule has 2 aliphatic rings. The molecule has 170 valence electrons. The number of ether oxygens (including phenoxy) is 1. The van der Waals surface area contributed by atoms with Gasteiger partial charge in [-0.05, 0) is 39.7 Å². The zero-order valence-electron chi connectivity index (χ0n) is 17.7. The lowest BCUT2D eigenvalue weighted by atomic mass is 9.90. The van der Waals surface area contributed by atoms with Crippen LogP contribution in [0.4, 0.5) is 0 Å². The van der Waals surface area contributed by atoms with Crippen LogP contribution in [-0.4, -0.2) is 97.0 Å². The second-order valence-electron chi connectivity index (χ2n) is 8.54. The molecule has 4 N–H and O–H groups in total. The van der Waals surface area contributed by atoms with Gasteiger partial charge in [-0.1, -0.05) is 13.3 Å². The van der Waals surface area contributed by atoms with Crippen molar-refractivity contribution in [1.29, 1.82) is 0 Å². The van der Waals surface area contributed by atoms with E-state index in [1.165, 1.54) is 13.2 Å². The smallest absolute Gasteiger partial charge is 0.237 e. The van der Waals surface area contributed by atoms with Crippen molar-refractivity contribution in [3.63, 3.8) is 0 Å². The van der Waals surface area contributed by atoms with Crippen molar-refractivity contribution in [1.82, 2.24) is 10.2 Å². The summed E-state index contributed by atoms with van der Waals surface area (Å²) in [7, 11) is 0.236. The molecular formula is C19H35ClN2O6S. The van der Waals surface area contributed by atoms with Gasteiger partial charge in [-0.3, -0.25) is 13.9 Å². The molecule has 4 unspecified atom stereocenters. The van der Waals surface area contributed by atoms with E-state index in [1.807, 2.05) is 11.9 Å². The predicted molar refractivity (Wildman–Crippen MR) is 112 cm³/mol. The number of rotatable bonds is 7. The first kappa shape index (κ1) is 25.0. The zero-order valence-corrected chi connectivity index (χ0v) is 19.3. The van der Waals surface area contributed by atoms with E-state index in [0.29, 0.717) is 5.92 Å². The van der Waals surface area contributed by atoms with Gasteiger partial charge in [-0.2, -0.15) is 0 Å². The van der Waals surface area contributed by atoms with Crippen LogP contribution in [-0.2, 0) is 20.3 Å². The minimum atomic E-state index is -1.67. The number of carbonyl (C=O) groups is 1.